The van der Waals surface area contributed by atoms with Gasteiger partial charge in [0.05, 0.1) is 0 Å². The van der Waals surface area contributed by atoms with Gasteiger partial charge in [0.1, 0.15) is 11.6 Å². The van der Waals surface area contributed by atoms with E-state index >= 15 is 0 Å². The second kappa shape index (κ2) is 6.93. The quantitative estimate of drug-likeness (QED) is 0.636. The molecule has 1 aromatic rings. The van der Waals surface area contributed by atoms with Crippen molar-refractivity contribution in [3.05, 3.63) is 35.4 Å². The Kier molecular flexibility index (Phi) is 5.24. The minimum absolute atomic E-state index is 0.109. The number of ether oxygens (including phenoxy) is 1. The van der Waals surface area contributed by atoms with Gasteiger partial charge in [0, 0.05) is 24.8 Å². The van der Waals surface area contributed by atoms with Crippen molar-refractivity contribution in [1.82, 2.24) is 5.43 Å². The van der Waals surface area contributed by atoms with Crippen LogP contribution in [0.5, 0.6) is 0 Å². The number of hydrogen-bond acceptors (Lipinski definition) is 3. The first-order valence-corrected chi connectivity index (χ1v) is 6.67. The van der Waals surface area contributed by atoms with Crippen molar-refractivity contribution in [3.8, 4) is 0 Å². The number of benzene rings is 1. The van der Waals surface area contributed by atoms with Crippen LogP contribution in [0, 0.1) is 17.6 Å². The molecule has 1 aliphatic rings. The summed E-state index contributed by atoms with van der Waals surface area (Å²) in [7, 11) is 0. The van der Waals surface area contributed by atoms with Crippen LogP contribution in [0.4, 0.5) is 8.78 Å². The predicted molar refractivity (Wildman–Crippen MR) is 69.3 cm³/mol. The maximum Gasteiger partial charge on any atom is 0.129 e. The third kappa shape index (κ3) is 3.96. The molecule has 0 radical (unpaired) electrons. The number of hydrogen-bond donors (Lipinski definition) is 2. The molecule has 0 bridgehead atoms. The molecule has 2 rings (SSSR count). The molecule has 1 aromatic carbocycles. The molecule has 1 fully saturated rings. The van der Waals surface area contributed by atoms with Gasteiger partial charge in [-0.05, 0) is 43.7 Å². The van der Waals surface area contributed by atoms with Crippen molar-refractivity contribution in [3.63, 3.8) is 0 Å². The summed E-state index contributed by atoms with van der Waals surface area (Å²) < 4.78 is 32.5. The Morgan fingerprint density at radius 1 is 1.26 bits per heavy atom. The van der Waals surface area contributed by atoms with Crippen molar-refractivity contribution in [2.24, 2.45) is 11.8 Å². The van der Waals surface area contributed by atoms with Crippen LogP contribution in [0.2, 0.25) is 0 Å². The number of rotatable bonds is 5. The van der Waals surface area contributed by atoms with Crippen molar-refractivity contribution < 1.29 is 13.5 Å². The van der Waals surface area contributed by atoms with Gasteiger partial charge in [-0.2, -0.15) is 0 Å². The third-order valence-corrected chi connectivity index (χ3v) is 3.71. The second-order valence-electron chi connectivity index (χ2n) is 5.06. The first-order chi connectivity index (χ1) is 9.20. The van der Waals surface area contributed by atoms with Crippen LogP contribution in [-0.2, 0) is 11.2 Å². The molecular weight excluding hydrogens is 250 g/mol. The summed E-state index contributed by atoms with van der Waals surface area (Å²) in [5.74, 6) is 5.00. The zero-order valence-corrected chi connectivity index (χ0v) is 10.9. The standard InChI is InChI=1S/C14H20F2N2O/c15-13-2-1-3-14(16)12(13)9-11(18-17)8-10-4-6-19-7-5-10/h1-3,10-11,18H,4-9,17H2. The molecule has 0 aromatic heterocycles. The zero-order chi connectivity index (χ0) is 13.7. The van der Waals surface area contributed by atoms with Gasteiger partial charge in [-0.1, -0.05) is 6.07 Å². The van der Waals surface area contributed by atoms with Gasteiger partial charge in [0.25, 0.3) is 0 Å². The number of nitrogens with two attached hydrogens (primary N) is 1. The molecule has 1 unspecified atom stereocenters. The van der Waals surface area contributed by atoms with Gasteiger partial charge in [0.2, 0.25) is 0 Å². The van der Waals surface area contributed by atoms with E-state index in [2.05, 4.69) is 5.43 Å². The predicted octanol–water partition coefficient (Wildman–Crippen LogP) is 2.16. The zero-order valence-electron chi connectivity index (χ0n) is 10.9. The smallest absolute Gasteiger partial charge is 0.129 e. The Balaban J connectivity index is 1.98. The highest BCUT2D eigenvalue weighted by Crippen LogP contribution is 2.23. The Labute approximate surface area is 112 Å². The van der Waals surface area contributed by atoms with Gasteiger partial charge >= 0.3 is 0 Å². The SMILES string of the molecule is NNC(Cc1c(F)cccc1F)CC1CCOCC1. The molecule has 19 heavy (non-hydrogen) atoms. The minimum atomic E-state index is -0.507. The Morgan fingerprint density at radius 2 is 1.89 bits per heavy atom. The van der Waals surface area contributed by atoms with Crippen LogP contribution >= 0.6 is 0 Å². The van der Waals surface area contributed by atoms with E-state index in [9.17, 15) is 8.78 Å². The second-order valence-corrected chi connectivity index (χ2v) is 5.06. The lowest BCUT2D eigenvalue weighted by Crippen LogP contribution is -2.39. The fraction of sp³-hybridized carbons (Fsp3) is 0.571. The normalized spacial score (nSPS) is 18.5. The van der Waals surface area contributed by atoms with E-state index in [0.717, 1.165) is 32.5 Å². The van der Waals surface area contributed by atoms with Crippen molar-refractivity contribution in [1.29, 1.82) is 0 Å². The highest BCUT2D eigenvalue weighted by molar-refractivity contribution is 5.20. The number of halogens is 2. The molecule has 3 nitrogen and oxygen atoms in total. The summed E-state index contributed by atoms with van der Waals surface area (Å²) in [5.41, 5.74) is 2.79. The highest BCUT2D eigenvalue weighted by atomic mass is 19.1. The molecule has 0 aliphatic carbocycles. The average Bonchev–Trinajstić information content (AvgIpc) is 2.43. The maximum atomic E-state index is 13.6. The molecule has 1 heterocycles. The first-order valence-electron chi connectivity index (χ1n) is 6.67. The van der Waals surface area contributed by atoms with E-state index in [1.807, 2.05) is 0 Å². The Morgan fingerprint density at radius 3 is 2.47 bits per heavy atom. The minimum Gasteiger partial charge on any atom is -0.381 e. The van der Waals surface area contributed by atoms with Crippen molar-refractivity contribution in [2.75, 3.05) is 13.2 Å². The van der Waals surface area contributed by atoms with Gasteiger partial charge < -0.3 is 4.74 Å². The maximum absolute atomic E-state index is 13.6. The van der Waals surface area contributed by atoms with Gasteiger partial charge in [-0.25, -0.2) is 8.78 Å². The molecule has 106 valence electrons. The van der Waals surface area contributed by atoms with E-state index in [0.29, 0.717) is 5.92 Å². The van der Waals surface area contributed by atoms with E-state index in [4.69, 9.17) is 10.6 Å². The monoisotopic (exact) mass is 270 g/mol. The van der Waals surface area contributed by atoms with Crippen LogP contribution < -0.4 is 11.3 Å². The molecule has 3 N–H and O–H groups in total. The lowest BCUT2D eigenvalue weighted by molar-refractivity contribution is 0.0605. The number of hydrazine groups is 1. The van der Waals surface area contributed by atoms with E-state index < -0.39 is 11.6 Å². The Bertz CT molecular complexity index is 388. The van der Waals surface area contributed by atoms with Crippen LogP contribution in [-0.4, -0.2) is 19.3 Å². The lowest BCUT2D eigenvalue weighted by atomic mass is 9.90. The van der Waals surface area contributed by atoms with Gasteiger partial charge in [-0.3, -0.25) is 11.3 Å². The largest absolute Gasteiger partial charge is 0.381 e. The van der Waals surface area contributed by atoms with Crippen LogP contribution in [0.1, 0.15) is 24.8 Å². The van der Waals surface area contributed by atoms with Crippen LogP contribution in [0.25, 0.3) is 0 Å². The molecule has 1 aliphatic heterocycles. The first kappa shape index (κ1) is 14.4. The highest BCUT2D eigenvalue weighted by Gasteiger charge is 2.21. The summed E-state index contributed by atoms with van der Waals surface area (Å²) in [6.45, 7) is 1.52. The van der Waals surface area contributed by atoms with Gasteiger partial charge in [-0.15, -0.1) is 0 Å². The summed E-state index contributed by atoms with van der Waals surface area (Å²) in [4.78, 5) is 0. The average molecular weight is 270 g/mol. The summed E-state index contributed by atoms with van der Waals surface area (Å²) >= 11 is 0. The van der Waals surface area contributed by atoms with Crippen molar-refractivity contribution >= 4 is 0 Å². The molecule has 0 saturated carbocycles. The van der Waals surface area contributed by atoms with E-state index in [1.54, 1.807) is 0 Å². The summed E-state index contributed by atoms with van der Waals surface area (Å²) in [5, 5.41) is 0. The summed E-state index contributed by atoms with van der Waals surface area (Å²) in [6, 6.07) is 3.81. The molecule has 5 heteroatoms. The topological polar surface area (TPSA) is 47.3 Å². The number of nitrogens with one attached hydrogen (secondary N) is 1. The Hall–Kier alpha value is -1.04. The molecule has 1 atom stereocenters. The molecule has 1 saturated heterocycles. The third-order valence-electron chi connectivity index (χ3n) is 3.71. The summed E-state index contributed by atoms with van der Waals surface area (Å²) in [6.07, 6.45) is 3.05. The van der Waals surface area contributed by atoms with E-state index in [-0.39, 0.29) is 18.0 Å². The molecule has 0 amide bonds. The fourth-order valence-corrected chi connectivity index (χ4v) is 2.57. The van der Waals surface area contributed by atoms with Crippen LogP contribution in [0.15, 0.2) is 18.2 Å². The molecular formula is C14H20F2N2O. The molecule has 0 spiro atoms. The van der Waals surface area contributed by atoms with Gasteiger partial charge in [0.15, 0.2) is 0 Å². The van der Waals surface area contributed by atoms with Crippen LogP contribution in [0.3, 0.4) is 0 Å². The lowest BCUT2D eigenvalue weighted by Gasteiger charge is -2.26. The fourth-order valence-electron chi connectivity index (χ4n) is 2.57. The van der Waals surface area contributed by atoms with E-state index in [1.165, 1.54) is 18.2 Å². The van der Waals surface area contributed by atoms with Crippen molar-refractivity contribution in [2.45, 2.75) is 31.7 Å².